The highest BCUT2D eigenvalue weighted by Crippen LogP contribution is 2.28. The third kappa shape index (κ3) is 2.27. The average Bonchev–Trinajstić information content (AvgIpc) is 3.02. The van der Waals surface area contributed by atoms with Gasteiger partial charge in [-0.3, -0.25) is 0 Å². The summed E-state index contributed by atoms with van der Waals surface area (Å²) in [7, 11) is -2.49. The lowest BCUT2D eigenvalue weighted by Crippen LogP contribution is -2.06. The first kappa shape index (κ1) is 14.3. The van der Waals surface area contributed by atoms with Gasteiger partial charge >= 0.3 is 5.97 Å². The molecule has 0 fully saturated rings. The predicted octanol–water partition coefficient (Wildman–Crippen LogP) is 3.05. The van der Waals surface area contributed by atoms with Gasteiger partial charge < -0.3 is 9.15 Å². The molecule has 112 valence electrons. The first-order chi connectivity index (χ1) is 10.5. The van der Waals surface area contributed by atoms with Crippen LogP contribution in [-0.2, 0) is 14.6 Å². The van der Waals surface area contributed by atoms with Crippen molar-refractivity contribution in [2.24, 2.45) is 0 Å². The van der Waals surface area contributed by atoms with E-state index in [1.807, 2.05) is 0 Å². The van der Waals surface area contributed by atoms with Crippen LogP contribution in [0.2, 0.25) is 0 Å². The Balaban J connectivity index is 2.26. The van der Waals surface area contributed by atoms with Crippen LogP contribution in [0.5, 0.6) is 0 Å². The summed E-state index contributed by atoms with van der Waals surface area (Å²) in [5.41, 5.74) is 0.387. The first-order valence-corrected chi connectivity index (χ1v) is 7.92. The van der Waals surface area contributed by atoms with Crippen molar-refractivity contribution in [2.75, 3.05) is 7.11 Å². The number of furan rings is 1. The zero-order valence-electron chi connectivity index (χ0n) is 11.6. The van der Waals surface area contributed by atoms with Gasteiger partial charge in [0.05, 0.1) is 23.2 Å². The molecule has 0 N–H and O–H groups in total. The lowest BCUT2D eigenvalue weighted by molar-refractivity contribution is 0.0601. The molecule has 2 aromatic carbocycles. The summed E-state index contributed by atoms with van der Waals surface area (Å²) in [4.78, 5) is 12.0. The molecule has 3 rings (SSSR count). The van der Waals surface area contributed by atoms with Crippen molar-refractivity contribution in [3.8, 4) is 0 Å². The summed E-state index contributed by atoms with van der Waals surface area (Å²) in [6, 6.07) is 12.4. The van der Waals surface area contributed by atoms with E-state index in [1.165, 1.54) is 37.6 Å². The van der Waals surface area contributed by atoms with Crippen molar-refractivity contribution in [1.82, 2.24) is 0 Å². The van der Waals surface area contributed by atoms with Crippen LogP contribution in [0.25, 0.3) is 11.0 Å². The molecule has 0 saturated carbocycles. The summed E-state index contributed by atoms with van der Waals surface area (Å²) in [6.45, 7) is 0. The van der Waals surface area contributed by atoms with E-state index in [4.69, 9.17) is 9.15 Å². The SMILES string of the molecule is COC(=O)c1cc(S(=O)(=O)c2ccccc2)cc2ccoc12. The minimum atomic E-state index is -3.72. The van der Waals surface area contributed by atoms with Crippen LogP contribution >= 0.6 is 0 Å². The second kappa shape index (κ2) is 5.31. The van der Waals surface area contributed by atoms with Crippen LogP contribution in [0.4, 0.5) is 0 Å². The van der Waals surface area contributed by atoms with E-state index >= 15 is 0 Å². The lowest BCUT2D eigenvalue weighted by atomic mass is 10.1. The van der Waals surface area contributed by atoms with Gasteiger partial charge in [0.25, 0.3) is 0 Å². The molecule has 0 spiro atoms. The molecule has 0 amide bonds. The van der Waals surface area contributed by atoms with Gasteiger partial charge in [0, 0.05) is 5.39 Å². The largest absolute Gasteiger partial charge is 0.465 e. The summed E-state index contributed by atoms with van der Waals surface area (Å²) in [5, 5.41) is 0.525. The molecule has 0 aliphatic heterocycles. The van der Waals surface area contributed by atoms with Crippen molar-refractivity contribution in [3.05, 3.63) is 60.4 Å². The maximum absolute atomic E-state index is 12.7. The number of hydrogen-bond donors (Lipinski definition) is 0. The van der Waals surface area contributed by atoms with Crippen LogP contribution in [0.3, 0.4) is 0 Å². The molecular formula is C16H12O5S. The van der Waals surface area contributed by atoms with E-state index in [2.05, 4.69) is 0 Å². The molecule has 22 heavy (non-hydrogen) atoms. The highest BCUT2D eigenvalue weighted by molar-refractivity contribution is 7.91. The number of hydrogen-bond acceptors (Lipinski definition) is 5. The van der Waals surface area contributed by atoms with Gasteiger partial charge in [-0.05, 0) is 30.3 Å². The number of benzene rings is 2. The fourth-order valence-electron chi connectivity index (χ4n) is 2.21. The predicted molar refractivity (Wildman–Crippen MR) is 79.4 cm³/mol. The van der Waals surface area contributed by atoms with Crippen molar-refractivity contribution in [2.45, 2.75) is 9.79 Å². The first-order valence-electron chi connectivity index (χ1n) is 6.44. The molecule has 0 aliphatic rings. The van der Waals surface area contributed by atoms with Crippen LogP contribution < -0.4 is 0 Å². The quantitative estimate of drug-likeness (QED) is 0.694. The van der Waals surface area contributed by atoms with Gasteiger partial charge in [-0.1, -0.05) is 18.2 Å². The number of ether oxygens (including phenoxy) is 1. The molecule has 3 aromatic rings. The molecule has 0 aliphatic carbocycles. The standard InChI is InChI=1S/C16H12O5S/c1-20-16(17)14-10-13(9-11-7-8-21-15(11)14)22(18,19)12-5-3-2-4-6-12/h2-10H,1H3. The van der Waals surface area contributed by atoms with Gasteiger partial charge in [-0.15, -0.1) is 0 Å². The van der Waals surface area contributed by atoms with E-state index in [-0.39, 0.29) is 15.4 Å². The van der Waals surface area contributed by atoms with E-state index in [0.717, 1.165) is 0 Å². The van der Waals surface area contributed by atoms with E-state index < -0.39 is 15.8 Å². The van der Waals surface area contributed by atoms with Gasteiger partial charge in [0.15, 0.2) is 0 Å². The maximum atomic E-state index is 12.7. The monoisotopic (exact) mass is 316 g/mol. The van der Waals surface area contributed by atoms with E-state index in [0.29, 0.717) is 11.0 Å². The average molecular weight is 316 g/mol. The van der Waals surface area contributed by atoms with Crippen molar-refractivity contribution < 1.29 is 22.4 Å². The third-order valence-corrected chi connectivity index (χ3v) is 5.04. The molecule has 0 atom stereocenters. The van der Waals surface area contributed by atoms with Crippen molar-refractivity contribution >= 4 is 26.8 Å². The van der Waals surface area contributed by atoms with Gasteiger partial charge in [0.2, 0.25) is 9.84 Å². The fraction of sp³-hybridized carbons (Fsp3) is 0.0625. The van der Waals surface area contributed by atoms with E-state index in [9.17, 15) is 13.2 Å². The maximum Gasteiger partial charge on any atom is 0.341 e. The van der Waals surface area contributed by atoms with Crippen LogP contribution in [-0.4, -0.2) is 21.5 Å². The van der Waals surface area contributed by atoms with Crippen LogP contribution in [0.1, 0.15) is 10.4 Å². The Kier molecular flexibility index (Phi) is 3.46. The second-order valence-electron chi connectivity index (χ2n) is 4.62. The molecular weight excluding hydrogens is 304 g/mol. The number of rotatable bonds is 3. The molecule has 0 saturated heterocycles. The second-order valence-corrected chi connectivity index (χ2v) is 6.57. The minimum Gasteiger partial charge on any atom is -0.465 e. The van der Waals surface area contributed by atoms with Gasteiger partial charge in [-0.25, -0.2) is 13.2 Å². The third-order valence-electron chi connectivity index (χ3n) is 3.29. The number of sulfone groups is 1. The molecule has 1 aromatic heterocycles. The normalized spacial score (nSPS) is 11.5. The van der Waals surface area contributed by atoms with Crippen LogP contribution in [0, 0.1) is 0 Å². The van der Waals surface area contributed by atoms with Gasteiger partial charge in [0.1, 0.15) is 11.1 Å². The zero-order chi connectivity index (χ0) is 15.7. The van der Waals surface area contributed by atoms with Crippen LogP contribution in [0.15, 0.2) is 69.0 Å². The number of carbonyl (C=O) groups is 1. The molecule has 6 heteroatoms. The number of fused-ring (bicyclic) bond motifs is 1. The topological polar surface area (TPSA) is 73.6 Å². The highest BCUT2D eigenvalue weighted by atomic mass is 32.2. The Labute approximate surface area is 127 Å². The molecule has 0 unspecified atom stereocenters. The fourth-order valence-corrected chi connectivity index (χ4v) is 3.55. The molecule has 1 heterocycles. The highest BCUT2D eigenvalue weighted by Gasteiger charge is 2.23. The minimum absolute atomic E-state index is 0.0213. The van der Waals surface area contributed by atoms with Gasteiger partial charge in [-0.2, -0.15) is 0 Å². The van der Waals surface area contributed by atoms with E-state index in [1.54, 1.807) is 24.3 Å². The summed E-state index contributed by atoms with van der Waals surface area (Å²) in [5.74, 6) is -0.648. The summed E-state index contributed by atoms with van der Waals surface area (Å²) >= 11 is 0. The smallest absolute Gasteiger partial charge is 0.341 e. The Morgan fingerprint density at radius 3 is 2.45 bits per heavy atom. The number of carbonyl (C=O) groups excluding carboxylic acids is 1. The molecule has 0 radical (unpaired) electrons. The Morgan fingerprint density at radius 2 is 1.77 bits per heavy atom. The zero-order valence-corrected chi connectivity index (χ0v) is 12.5. The van der Waals surface area contributed by atoms with Crippen molar-refractivity contribution in [3.63, 3.8) is 0 Å². The molecule has 0 bridgehead atoms. The Bertz CT molecular complexity index is 939. The molecule has 5 nitrogen and oxygen atoms in total. The summed E-state index contributed by atoms with van der Waals surface area (Å²) in [6.07, 6.45) is 1.40. The number of methoxy groups -OCH3 is 1. The summed E-state index contributed by atoms with van der Waals surface area (Å²) < 4.78 is 35.3. The number of esters is 1. The Morgan fingerprint density at radius 1 is 1.05 bits per heavy atom. The Hall–Kier alpha value is -2.60. The van der Waals surface area contributed by atoms with Crippen molar-refractivity contribution in [1.29, 1.82) is 0 Å². The lowest BCUT2D eigenvalue weighted by Gasteiger charge is -2.07.